The molecule has 0 bridgehead atoms. The molecule has 4 aromatic carbocycles. The number of amides is 2. The van der Waals surface area contributed by atoms with Gasteiger partial charge in [-0.2, -0.15) is 0 Å². The van der Waals surface area contributed by atoms with Crippen LogP contribution in [0, 0.1) is 0 Å². The highest BCUT2D eigenvalue weighted by atomic mass is 79.9. The highest BCUT2D eigenvalue weighted by Gasteiger charge is 2.35. The number of para-hydroxylation sites is 1. The second-order valence-corrected chi connectivity index (χ2v) is 13.8. The maximum absolute atomic E-state index is 14.6. The third-order valence-corrected chi connectivity index (χ3v) is 10.1. The first-order valence-corrected chi connectivity index (χ1v) is 17.5. The SMILES string of the molecule is CC[C@H](C)NC(=O)[C@H](Cc1ccccc1)N(Cc1ccc(Br)cc1)C(=O)CN(c1ccccc1)S(=O)(=O)c1ccc(OC)c(OC)c1. The third kappa shape index (κ3) is 9.14. The second kappa shape index (κ2) is 16.5. The van der Waals surface area contributed by atoms with Crippen LogP contribution in [0.3, 0.4) is 0 Å². The fourth-order valence-corrected chi connectivity index (χ4v) is 6.70. The zero-order chi connectivity index (χ0) is 34.0. The van der Waals surface area contributed by atoms with Crippen molar-refractivity contribution in [1.82, 2.24) is 10.2 Å². The summed E-state index contributed by atoms with van der Waals surface area (Å²) in [5.74, 6) is -0.260. The van der Waals surface area contributed by atoms with Gasteiger partial charge in [0.2, 0.25) is 11.8 Å². The van der Waals surface area contributed by atoms with E-state index >= 15 is 0 Å². The van der Waals surface area contributed by atoms with E-state index in [1.165, 1.54) is 37.3 Å². The lowest BCUT2D eigenvalue weighted by Crippen LogP contribution is -2.54. The summed E-state index contributed by atoms with van der Waals surface area (Å²) in [4.78, 5) is 29.9. The molecule has 9 nitrogen and oxygen atoms in total. The molecule has 0 saturated carbocycles. The van der Waals surface area contributed by atoms with Crippen LogP contribution in [0.2, 0.25) is 0 Å². The van der Waals surface area contributed by atoms with Crippen molar-refractivity contribution in [3.63, 3.8) is 0 Å². The summed E-state index contributed by atoms with van der Waals surface area (Å²) in [6.07, 6.45) is 0.939. The Morgan fingerprint density at radius 1 is 0.830 bits per heavy atom. The number of anilines is 1. The van der Waals surface area contributed by atoms with E-state index in [1.807, 2.05) is 68.4 Å². The van der Waals surface area contributed by atoms with Gasteiger partial charge in [-0.15, -0.1) is 0 Å². The average Bonchev–Trinajstić information content (AvgIpc) is 3.09. The van der Waals surface area contributed by atoms with E-state index in [4.69, 9.17) is 9.47 Å². The molecule has 0 fully saturated rings. The zero-order valence-electron chi connectivity index (χ0n) is 26.9. The first-order valence-electron chi connectivity index (χ1n) is 15.2. The molecule has 4 rings (SSSR count). The minimum absolute atomic E-state index is 0.0799. The number of hydrogen-bond donors (Lipinski definition) is 1. The molecule has 2 atom stereocenters. The van der Waals surface area contributed by atoms with E-state index < -0.39 is 28.5 Å². The lowest BCUT2D eigenvalue weighted by molar-refractivity contribution is -0.140. The second-order valence-electron chi connectivity index (χ2n) is 11.0. The lowest BCUT2D eigenvalue weighted by Gasteiger charge is -2.34. The van der Waals surface area contributed by atoms with Gasteiger partial charge in [0, 0.05) is 29.5 Å². The molecule has 47 heavy (non-hydrogen) atoms. The number of ether oxygens (including phenoxy) is 2. The van der Waals surface area contributed by atoms with E-state index in [2.05, 4.69) is 21.2 Å². The smallest absolute Gasteiger partial charge is 0.264 e. The van der Waals surface area contributed by atoms with E-state index in [0.29, 0.717) is 17.9 Å². The van der Waals surface area contributed by atoms with Crippen molar-refractivity contribution in [1.29, 1.82) is 0 Å². The first-order chi connectivity index (χ1) is 22.6. The van der Waals surface area contributed by atoms with Gasteiger partial charge in [0.05, 0.1) is 24.8 Å². The summed E-state index contributed by atoms with van der Waals surface area (Å²) in [7, 11) is -1.42. The molecule has 0 aliphatic rings. The molecule has 0 aliphatic carbocycles. The Labute approximate surface area is 285 Å². The molecule has 2 amide bonds. The number of carbonyl (C=O) groups excluding carboxylic acids is 2. The average molecular weight is 723 g/mol. The third-order valence-electron chi connectivity index (χ3n) is 7.80. The summed E-state index contributed by atoms with van der Waals surface area (Å²) >= 11 is 3.46. The van der Waals surface area contributed by atoms with Crippen molar-refractivity contribution in [3.8, 4) is 11.5 Å². The van der Waals surface area contributed by atoms with Crippen LogP contribution < -0.4 is 19.1 Å². The normalized spacial score (nSPS) is 12.4. The van der Waals surface area contributed by atoms with Crippen LogP contribution in [0.5, 0.6) is 11.5 Å². The molecule has 4 aromatic rings. The van der Waals surface area contributed by atoms with Gasteiger partial charge in [-0.1, -0.05) is 83.5 Å². The Balaban J connectivity index is 1.81. The topological polar surface area (TPSA) is 105 Å². The monoisotopic (exact) mass is 721 g/mol. The number of carbonyl (C=O) groups is 2. The Kier molecular flexibility index (Phi) is 12.4. The maximum Gasteiger partial charge on any atom is 0.264 e. The molecule has 0 unspecified atom stereocenters. The predicted molar refractivity (Wildman–Crippen MR) is 187 cm³/mol. The Bertz CT molecular complexity index is 1740. The summed E-state index contributed by atoms with van der Waals surface area (Å²) in [5, 5.41) is 3.05. The van der Waals surface area contributed by atoms with E-state index in [-0.39, 0.29) is 35.6 Å². The number of methoxy groups -OCH3 is 2. The van der Waals surface area contributed by atoms with Crippen LogP contribution >= 0.6 is 15.9 Å². The van der Waals surface area contributed by atoms with Crippen molar-refractivity contribution in [2.24, 2.45) is 0 Å². The fraction of sp³-hybridized carbons (Fsp3) is 0.278. The number of rotatable bonds is 15. The van der Waals surface area contributed by atoms with Crippen LogP contribution in [0.4, 0.5) is 5.69 Å². The van der Waals surface area contributed by atoms with Crippen molar-refractivity contribution >= 4 is 43.5 Å². The van der Waals surface area contributed by atoms with Gasteiger partial charge in [-0.3, -0.25) is 13.9 Å². The van der Waals surface area contributed by atoms with Gasteiger partial charge in [-0.05, 0) is 60.9 Å². The van der Waals surface area contributed by atoms with Crippen LogP contribution in [0.15, 0.2) is 112 Å². The predicted octanol–water partition coefficient (Wildman–Crippen LogP) is 6.22. The van der Waals surface area contributed by atoms with Gasteiger partial charge in [0.15, 0.2) is 11.5 Å². The molecule has 0 heterocycles. The molecular formula is C36H40BrN3O6S. The number of sulfonamides is 1. The Morgan fingerprint density at radius 3 is 2.04 bits per heavy atom. The van der Waals surface area contributed by atoms with Crippen LogP contribution in [0.25, 0.3) is 0 Å². The highest BCUT2D eigenvalue weighted by molar-refractivity contribution is 9.10. The highest BCUT2D eigenvalue weighted by Crippen LogP contribution is 2.32. The van der Waals surface area contributed by atoms with Gasteiger partial charge in [0.25, 0.3) is 10.0 Å². The number of nitrogens with zero attached hydrogens (tertiary/aromatic N) is 2. The van der Waals surface area contributed by atoms with Gasteiger partial charge >= 0.3 is 0 Å². The Hall–Kier alpha value is -4.35. The standard InChI is InChI=1S/C36H40BrN3O6S/c1-5-26(2)38-36(42)32(22-27-12-8-6-9-13-27)39(24-28-16-18-29(37)19-17-28)35(41)25-40(30-14-10-7-11-15-30)47(43,44)31-20-21-33(45-3)34(23-31)46-4/h6-21,23,26,32H,5,22,24-25H2,1-4H3,(H,38,42)/t26-,32-/m0/s1. The van der Waals surface area contributed by atoms with E-state index in [1.54, 1.807) is 30.3 Å². The van der Waals surface area contributed by atoms with Crippen molar-refractivity contribution in [3.05, 3.63) is 119 Å². The lowest BCUT2D eigenvalue weighted by atomic mass is 10.0. The van der Waals surface area contributed by atoms with Crippen molar-refractivity contribution in [2.75, 3.05) is 25.1 Å². The molecule has 248 valence electrons. The quantitative estimate of drug-likeness (QED) is 0.156. The molecule has 11 heteroatoms. The number of benzene rings is 4. The molecule has 0 aromatic heterocycles. The number of hydrogen-bond acceptors (Lipinski definition) is 6. The van der Waals surface area contributed by atoms with E-state index in [0.717, 1.165) is 19.9 Å². The summed E-state index contributed by atoms with van der Waals surface area (Å²) in [6, 6.07) is 28.6. The number of halogens is 1. The minimum atomic E-state index is -4.30. The zero-order valence-corrected chi connectivity index (χ0v) is 29.3. The first kappa shape index (κ1) is 35.5. The van der Waals surface area contributed by atoms with Crippen molar-refractivity contribution in [2.45, 2.75) is 50.2 Å². The van der Waals surface area contributed by atoms with Crippen LogP contribution in [-0.2, 0) is 32.6 Å². The minimum Gasteiger partial charge on any atom is -0.493 e. The molecule has 1 N–H and O–H groups in total. The van der Waals surface area contributed by atoms with Crippen LogP contribution in [-0.4, -0.2) is 58.0 Å². The fourth-order valence-electron chi connectivity index (χ4n) is 5.01. The number of nitrogens with one attached hydrogen (secondary N) is 1. The van der Waals surface area contributed by atoms with Gasteiger partial charge < -0.3 is 19.7 Å². The van der Waals surface area contributed by atoms with Crippen molar-refractivity contribution < 1.29 is 27.5 Å². The van der Waals surface area contributed by atoms with Gasteiger partial charge in [0.1, 0.15) is 12.6 Å². The Morgan fingerprint density at radius 2 is 1.45 bits per heavy atom. The summed E-state index contributed by atoms with van der Waals surface area (Å²) < 4.78 is 41.2. The molecule has 0 saturated heterocycles. The summed E-state index contributed by atoms with van der Waals surface area (Å²) in [6.45, 7) is 3.40. The van der Waals surface area contributed by atoms with Crippen LogP contribution in [0.1, 0.15) is 31.4 Å². The summed E-state index contributed by atoms with van der Waals surface area (Å²) in [5.41, 5.74) is 1.94. The largest absolute Gasteiger partial charge is 0.493 e. The maximum atomic E-state index is 14.6. The molecule has 0 spiro atoms. The molecular weight excluding hydrogens is 682 g/mol. The molecule has 0 aliphatic heterocycles. The van der Waals surface area contributed by atoms with Gasteiger partial charge in [-0.25, -0.2) is 8.42 Å². The molecule has 0 radical (unpaired) electrons. The van der Waals surface area contributed by atoms with E-state index in [9.17, 15) is 18.0 Å².